The number of carbonyl (C=O) groups excluding carboxylic acids is 2. The van der Waals surface area contributed by atoms with E-state index in [0.717, 1.165) is 11.3 Å². The van der Waals surface area contributed by atoms with Gasteiger partial charge in [0.25, 0.3) is 11.5 Å². The molecule has 0 atom stereocenters. The van der Waals surface area contributed by atoms with Gasteiger partial charge in [-0.1, -0.05) is 41.0 Å². The quantitative estimate of drug-likeness (QED) is 0.198. The minimum atomic E-state index is -4.66. The largest absolute Gasteiger partial charge is 0.405 e. The summed E-state index contributed by atoms with van der Waals surface area (Å²) >= 11 is 0.841. The Morgan fingerprint density at radius 2 is 1.86 bits per heavy atom. The Morgan fingerprint density at radius 1 is 1.14 bits per heavy atom. The number of halogens is 4. The molecule has 9 nitrogen and oxygen atoms in total. The number of alkyl halides is 3. The number of rotatable bonds is 9. The topological polar surface area (TPSA) is 119 Å². The monoisotopic (exact) mass is 600 g/mol. The Hall–Kier alpha value is -5.08. The number of anilines is 3. The Labute approximate surface area is 241 Å². The predicted molar refractivity (Wildman–Crippen MR) is 151 cm³/mol. The standard InChI is InChI=1S/C28H24F4N6O3S/c1-3-38-25(13-18(15-33)26(40)35-17-28(30,31)32)42-23(27(38)41)11-12-34-19-7-6-8-20(14-19)36-24(39)16-37(2)22-10-5-4-9-21(22)29/h4-10,12,14,34H,3,16-17H2,1-2H3,(H,35,40)(H,36,39). The number of thiazole rings is 1. The van der Waals surface area contributed by atoms with E-state index in [1.807, 2.05) is 0 Å². The first kappa shape index (κ1) is 31.4. The number of nitriles is 1. The zero-order valence-electron chi connectivity index (χ0n) is 22.3. The summed E-state index contributed by atoms with van der Waals surface area (Å²) in [5.41, 5.74) is 5.26. The van der Waals surface area contributed by atoms with Crippen molar-refractivity contribution in [1.82, 2.24) is 9.88 Å². The maximum atomic E-state index is 14.0. The molecular formula is C28H24F4N6O3S. The van der Waals surface area contributed by atoms with Crippen LogP contribution in [0, 0.1) is 17.1 Å². The van der Waals surface area contributed by atoms with E-state index in [-0.39, 0.29) is 33.9 Å². The van der Waals surface area contributed by atoms with Gasteiger partial charge in [0.2, 0.25) is 5.91 Å². The molecule has 3 rings (SSSR count). The molecule has 14 heteroatoms. The summed E-state index contributed by atoms with van der Waals surface area (Å²) in [6, 6.07) is 14.2. The van der Waals surface area contributed by atoms with Crippen LogP contribution in [0.25, 0.3) is 11.5 Å². The van der Waals surface area contributed by atoms with Crippen LogP contribution < -0.4 is 35.6 Å². The third-order valence-corrected chi connectivity index (χ3v) is 6.46. The summed E-state index contributed by atoms with van der Waals surface area (Å²) in [5.74, 6) is -2.09. The average molecular weight is 601 g/mol. The molecule has 3 N–H and O–H groups in total. The molecule has 1 aromatic heterocycles. The molecule has 0 saturated carbocycles. The van der Waals surface area contributed by atoms with Crippen molar-refractivity contribution in [3.8, 4) is 6.07 Å². The number of hydrogen-bond donors (Lipinski definition) is 3. The molecule has 3 aromatic rings. The van der Waals surface area contributed by atoms with Crippen LogP contribution >= 0.6 is 11.3 Å². The van der Waals surface area contributed by atoms with Crippen molar-refractivity contribution in [3.05, 3.63) is 85.7 Å². The minimum Gasteiger partial charge on any atom is -0.363 e. The van der Waals surface area contributed by atoms with E-state index in [0.29, 0.717) is 11.4 Å². The van der Waals surface area contributed by atoms with E-state index in [1.165, 1.54) is 27.8 Å². The number of carbonyl (C=O) groups is 2. The molecule has 0 radical (unpaired) electrons. The van der Waals surface area contributed by atoms with Crippen molar-refractivity contribution >= 4 is 51.7 Å². The lowest BCUT2D eigenvalue weighted by atomic mass is 10.2. The SMILES string of the molecule is CCn1c(=C=C(C#N)C(=O)NCC(F)(F)F)sc(=C=CNc2cccc(NC(=O)CN(C)c3ccccc3F)c2)c1=O. The molecule has 0 spiro atoms. The van der Waals surface area contributed by atoms with Crippen molar-refractivity contribution in [2.45, 2.75) is 19.6 Å². The lowest BCUT2D eigenvalue weighted by Gasteiger charge is -2.19. The second-order valence-electron chi connectivity index (χ2n) is 8.56. The van der Waals surface area contributed by atoms with Gasteiger partial charge in [-0.05, 0) is 37.3 Å². The molecule has 0 bridgehead atoms. The molecule has 0 unspecified atom stereocenters. The van der Waals surface area contributed by atoms with Gasteiger partial charge in [-0.2, -0.15) is 18.4 Å². The Kier molecular flexibility index (Phi) is 10.5. The van der Waals surface area contributed by atoms with Gasteiger partial charge < -0.3 is 20.9 Å². The van der Waals surface area contributed by atoms with Crippen LogP contribution in [-0.2, 0) is 16.1 Å². The molecule has 0 fully saturated rings. The normalized spacial score (nSPS) is 10.5. The van der Waals surface area contributed by atoms with Gasteiger partial charge in [0, 0.05) is 31.2 Å². The van der Waals surface area contributed by atoms with Crippen molar-refractivity contribution in [3.63, 3.8) is 0 Å². The number of benzene rings is 2. The van der Waals surface area contributed by atoms with Crippen molar-refractivity contribution in [2.24, 2.45) is 0 Å². The van der Waals surface area contributed by atoms with Crippen LogP contribution in [-0.4, -0.2) is 42.7 Å². The lowest BCUT2D eigenvalue weighted by molar-refractivity contribution is -0.136. The maximum Gasteiger partial charge on any atom is 0.405 e. The first-order chi connectivity index (χ1) is 19.9. The van der Waals surface area contributed by atoms with E-state index in [1.54, 1.807) is 61.8 Å². The van der Waals surface area contributed by atoms with Crippen molar-refractivity contribution in [2.75, 3.05) is 35.7 Å². The number of aromatic nitrogens is 1. The van der Waals surface area contributed by atoms with Gasteiger partial charge in [0.15, 0.2) is 5.57 Å². The Bertz CT molecular complexity index is 1780. The fourth-order valence-electron chi connectivity index (χ4n) is 3.53. The Balaban J connectivity index is 1.80. The molecule has 0 aliphatic carbocycles. The summed E-state index contributed by atoms with van der Waals surface area (Å²) in [7, 11) is 1.59. The zero-order valence-corrected chi connectivity index (χ0v) is 23.1. The fraction of sp³-hybridized carbons (Fsp3) is 0.214. The van der Waals surface area contributed by atoms with Crippen LogP contribution in [0.15, 0.2) is 65.1 Å². The lowest BCUT2D eigenvalue weighted by Crippen LogP contribution is -2.34. The first-order valence-electron chi connectivity index (χ1n) is 12.2. The number of para-hydroxylation sites is 1. The molecule has 42 heavy (non-hydrogen) atoms. The van der Waals surface area contributed by atoms with E-state index in [2.05, 4.69) is 22.1 Å². The number of likely N-dealkylation sites (N-methyl/N-ethyl adjacent to an activating group) is 1. The van der Waals surface area contributed by atoms with Crippen molar-refractivity contribution < 1.29 is 27.2 Å². The number of nitrogens with one attached hydrogen (secondary N) is 3. The van der Waals surface area contributed by atoms with Gasteiger partial charge >= 0.3 is 6.18 Å². The highest BCUT2D eigenvalue weighted by atomic mass is 32.1. The molecule has 2 aromatic carbocycles. The first-order valence-corrected chi connectivity index (χ1v) is 13.1. The van der Waals surface area contributed by atoms with Gasteiger partial charge in [0.1, 0.15) is 27.6 Å². The van der Waals surface area contributed by atoms with Gasteiger partial charge in [0.05, 0.1) is 12.2 Å². The second-order valence-corrected chi connectivity index (χ2v) is 9.56. The summed E-state index contributed by atoms with van der Waals surface area (Å²) in [6.07, 6.45) is -3.32. The van der Waals surface area contributed by atoms with E-state index < -0.39 is 35.6 Å². The molecular weight excluding hydrogens is 576 g/mol. The highest BCUT2D eigenvalue weighted by molar-refractivity contribution is 7.07. The van der Waals surface area contributed by atoms with E-state index >= 15 is 0 Å². The highest BCUT2D eigenvalue weighted by Crippen LogP contribution is 2.18. The van der Waals surface area contributed by atoms with Crippen LogP contribution in [0.1, 0.15) is 6.92 Å². The molecule has 218 valence electrons. The van der Waals surface area contributed by atoms with Gasteiger partial charge in [-0.25, -0.2) is 4.39 Å². The van der Waals surface area contributed by atoms with E-state index in [4.69, 9.17) is 0 Å². The van der Waals surface area contributed by atoms with Crippen LogP contribution in [0.2, 0.25) is 0 Å². The fourth-order valence-corrected chi connectivity index (χ4v) is 4.51. The highest BCUT2D eigenvalue weighted by Gasteiger charge is 2.28. The maximum absolute atomic E-state index is 14.0. The smallest absolute Gasteiger partial charge is 0.363 e. The Morgan fingerprint density at radius 3 is 2.52 bits per heavy atom. The summed E-state index contributed by atoms with van der Waals surface area (Å²) in [5, 5.41) is 16.5. The predicted octanol–water partition coefficient (Wildman–Crippen LogP) is 2.66. The minimum absolute atomic E-state index is 0.0576. The molecule has 2 amide bonds. The molecule has 0 aliphatic rings. The molecule has 0 saturated heterocycles. The summed E-state index contributed by atoms with van der Waals surface area (Å²) in [4.78, 5) is 38.7. The summed E-state index contributed by atoms with van der Waals surface area (Å²) in [6.45, 7) is 0.0601. The second kappa shape index (κ2) is 14.0. The van der Waals surface area contributed by atoms with E-state index in [9.17, 15) is 37.2 Å². The third kappa shape index (κ3) is 8.71. The average Bonchev–Trinajstić information content (AvgIpc) is 3.23. The van der Waals surface area contributed by atoms with Gasteiger partial charge in [-0.15, -0.1) is 0 Å². The van der Waals surface area contributed by atoms with Crippen LogP contribution in [0.3, 0.4) is 0 Å². The number of nitrogens with zero attached hydrogens (tertiary/aromatic N) is 3. The van der Waals surface area contributed by atoms with Crippen LogP contribution in [0.4, 0.5) is 34.6 Å². The number of hydrogen-bond acceptors (Lipinski definition) is 7. The molecule has 0 aliphatic heterocycles. The van der Waals surface area contributed by atoms with Crippen molar-refractivity contribution in [1.29, 1.82) is 5.26 Å². The zero-order chi connectivity index (χ0) is 30.9. The van der Waals surface area contributed by atoms with Crippen LogP contribution in [0.5, 0.6) is 0 Å². The summed E-state index contributed by atoms with van der Waals surface area (Å²) < 4.78 is 52.5. The third-order valence-electron chi connectivity index (χ3n) is 5.45. The number of amides is 2. The van der Waals surface area contributed by atoms with Gasteiger partial charge in [-0.3, -0.25) is 19.0 Å². The molecule has 1 heterocycles.